The third-order valence-electron chi connectivity index (χ3n) is 3.85. The number of amidine groups is 1. The highest BCUT2D eigenvalue weighted by molar-refractivity contribution is 8.13. The Morgan fingerprint density at radius 2 is 2.06 bits per heavy atom. The van der Waals surface area contributed by atoms with Crippen LogP contribution in [-0.4, -0.2) is 48.3 Å². The van der Waals surface area contributed by atoms with Gasteiger partial charge in [-0.1, -0.05) is 24.6 Å². The van der Waals surface area contributed by atoms with Crippen LogP contribution in [0.3, 0.4) is 0 Å². The summed E-state index contributed by atoms with van der Waals surface area (Å²) in [6, 6.07) is 0.591. The van der Waals surface area contributed by atoms with Gasteiger partial charge in [0, 0.05) is 18.8 Å². The van der Waals surface area contributed by atoms with Gasteiger partial charge in [-0.15, -0.1) is 0 Å². The van der Waals surface area contributed by atoms with E-state index < -0.39 is 0 Å². The fourth-order valence-electron chi connectivity index (χ4n) is 2.80. The van der Waals surface area contributed by atoms with Gasteiger partial charge in [0.25, 0.3) is 0 Å². The van der Waals surface area contributed by atoms with E-state index in [0.29, 0.717) is 6.04 Å². The summed E-state index contributed by atoms with van der Waals surface area (Å²) in [4.78, 5) is 4.88. The number of nitrogens with one attached hydrogen (secondary N) is 1. The van der Waals surface area contributed by atoms with Crippen molar-refractivity contribution in [3.8, 4) is 0 Å². The molecule has 2 heterocycles. The Morgan fingerprint density at radius 3 is 2.94 bits per heavy atom. The van der Waals surface area contributed by atoms with E-state index in [0.717, 1.165) is 37.4 Å². The van der Waals surface area contributed by atoms with E-state index in [-0.39, 0.29) is 0 Å². The zero-order valence-corrected chi connectivity index (χ0v) is 11.0. The Bertz CT molecular complexity index is 291. The molecule has 96 valence electrons. The third-order valence-corrected chi connectivity index (χ3v) is 4.92. The Morgan fingerprint density at radius 1 is 1.24 bits per heavy atom. The molecular weight excluding hydrogens is 234 g/mol. The number of thioether (sulfide) groups is 1. The molecule has 3 rings (SSSR count). The first-order chi connectivity index (χ1) is 8.42. The van der Waals surface area contributed by atoms with Gasteiger partial charge in [0.2, 0.25) is 0 Å². The maximum Gasteiger partial charge on any atom is 0.171 e. The minimum Gasteiger partial charge on any atom is -0.379 e. The Balaban J connectivity index is 1.57. The monoisotopic (exact) mass is 255 g/mol. The van der Waals surface area contributed by atoms with E-state index in [4.69, 9.17) is 9.73 Å². The van der Waals surface area contributed by atoms with Crippen LogP contribution in [0.4, 0.5) is 0 Å². The molecule has 0 bridgehead atoms. The maximum atomic E-state index is 5.35. The van der Waals surface area contributed by atoms with Crippen LogP contribution in [0.25, 0.3) is 0 Å². The van der Waals surface area contributed by atoms with Crippen LogP contribution in [0.5, 0.6) is 0 Å². The largest absolute Gasteiger partial charge is 0.379 e. The molecule has 2 aliphatic heterocycles. The van der Waals surface area contributed by atoms with Gasteiger partial charge >= 0.3 is 0 Å². The fraction of sp³-hybridized carbons (Fsp3) is 0.917. The normalized spacial score (nSPS) is 34.9. The first kappa shape index (κ1) is 11.8. The van der Waals surface area contributed by atoms with E-state index in [9.17, 15) is 0 Å². The van der Waals surface area contributed by atoms with Crippen molar-refractivity contribution in [2.45, 2.75) is 31.7 Å². The number of ether oxygens (including phenoxy) is 1. The molecule has 0 aromatic heterocycles. The number of hydrogen-bond acceptors (Lipinski definition) is 5. The lowest BCUT2D eigenvalue weighted by Gasteiger charge is -2.35. The molecule has 2 atom stereocenters. The number of hydrazine groups is 1. The molecule has 0 radical (unpaired) electrons. The van der Waals surface area contributed by atoms with Gasteiger partial charge in [-0.05, 0) is 18.8 Å². The molecule has 5 heteroatoms. The van der Waals surface area contributed by atoms with Crippen molar-refractivity contribution in [1.29, 1.82) is 0 Å². The number of aliphatic imine (C=N–C) groups is 1. The van der Waals surface area contributed by atoms with Gasteiger partial charge in [0.05, 0.1) is 19.3 Å². The van der Waals surface area contributed by atoms with E-state index in [1.54, 1.807) is 0 Å². The van der Waals surface area contributed by atoms with Gasteiger partial charge < -0.3 is 4.74 Å². The highest BCUT2D eigenvalue weighted by atomic mass is 32.2. The number of morpholine rings is 1. The van der Waals surface area contributed by atoms with Crippen molar-refractivity contribution in [2.75, 3.05) is 32.1 Å². The SMILES string of the molecule is C1CCC2N=C(NN3CCOCC3)SCC2C1. The molecule has 1 saturated heterocycles. The average molecular weight is 255 g/mol. The van der Waals surface area contributed by atoms with Gasteiger partial charge in [-0.2, -0.15) is 0 Å². The summed E-state index contributed by atoms with van der Waals surface area (Å²) < 4.78 is 5.35. The highest BCUT2D eigenvalue weighted by Gasteiger charge is 2.29. The second-order valence-corrected chi connectivity index (χ2v) is 6.08. The predicted molar refractivity (Wildman–Crippen MR) is 71.2 cm³/mol. The highest BCUT2D eigenvalue weighted by Crippen LogP contribution is 2.33. The van der Waals surface area contributed by atoms with Crippen LogP contribution in [0.1, 0.15) is 25.7 Å². The number of fused-ring (bicyclic) bond motifs is 1. The summed E-state index contributed by atoms with van der Waals surface area (Å²) in [5.74, 6) is 2.09. The lowest BCUT2D eigenvalue weighted by Crippen LogP contribution is -2.49. The van der Waals surface area contributed by atoms with Crippen molar-refractivity contribution in [1.82, 2.24) is 10.4 Å². The van der Waals surface area contributed by atoms with Gasteiger partial charge in [0.15, 0.2) is 5.17 Å². The molecule has 0 spiro atoms. The number of nitrogens with zero attached hydrogens (tertiary/aromatic N) is 2. The molecule has 0 amide bonds. The van der Waals surface area contributed by atoms with Gasteiger partial charge in [0.1, 0.15) is 0 Å². The topological polar surface area (TPSA) is 36.9 Å². The fourth-order valence-corrected chi connectivity index (χ4v) is 3.96. The van der Waals surface area contributed by atoms with Gasteiger partial charge in [-0.25, -0.2) is 5.01 Å². The lowest BCUT2D eigenvalue weighted by atomic mass is 9.86. The van der Waals surface area contributed by atoms with Crippen LogP contribution in [0.2, 0.25) is 0 Å². The van der Waals surface area contributed by atoms with Crippen molar-refractivity contribution in [3.63, 3.8) is 0 Å². The second-order valence-electron chi connectivity index (χ2n) is 5.07. The first-order valence-electron chi connectivity index (χ1n) is 6.72. The summed E-state index contributed by atoms with van der Waals surface area (Å²) in [6.07, 6.45) is 5.44. The third kappa shape index (κ3) is 2.95. The van der Waals surface area contributed by atoms with Crippen LogP contribution >= 0.6 is 11.8 Å². The maximum absolute atomic E-state index is 5.35. The summed E-state index contributed by atoms with van der Waals surface area (Å²) in [6.45, 7) is 3.59. The molecule has 1 N–H and O–H groups in total. The average Bonchev–Trinajstić information content (AvgIpc) is 2.40. The van der Waals surface area contributed by atoms with Crippen LogP contribution in [0.15, 0.2) is 4.99 Å². The van der Waals surface area contributed by atoms with Crippen molar-refractivity contribution in [3.05, 3.63) is 0 Å². The summed E-state index contributed by atoms with van der Waals surface area (Å²) in [7, 11) is 0. The smallest absolute Gasteiger partial charge is 0.171 e. The zero-order valence-electron chi connectivity index (χ0n) is 10.2. The number of hydrogen-bond donors (Lipinski definition) is 1. The van der Waals surface area contributed by atoms with Crippen LogP contribution in [-0.2, 0) is 4.74 Å². The molecule has 3 aliphatic rings. The Kier molecular flexibility index (Phi) is 3.88. The van der Waals surface area contributed by atoms with Crippen LogP contribution in [0, 0.1) is 5.92 Å². The molecule has 0 aromatic rings. The van der Waals surface area contributed by atoms with E-state index >= 15 is 0 Å². The molecular formula is C12H21N3OS. The van der Waals surface area contributed by atoms with Crippen molar-refractivity contribution in [2.24, 2.45) is 10.9 Å². The summed E-state index contributed by atoms with van der Waals surface area (Å²) in [5, 5.41) is 3.37. The zero-order chi connectivity index (χ0) is 11.5. The number of rotatable bonds is 1. The first-order valence-corrected chi connectivity index (χ1v) is 7.70. The predicted octanol–water partition coefficient (Wildman–Crippen LogP) is 1.48. The van der Waals surface area contributed by atoms with Crippen LogP contribution < -0.4 is 5.43 Å². The van der Waals surface area contributed by atoms with E-state index in [1.165, 1.54) is 31.4 Å². The second kappa shape index (κ2) is 5.59. The molecule has 2 unspecified atom stereocenters. The molecule has 2 fully saturated rings. The van der Waals surface area contributed by atoms with E-state index in [2.05, 4.69) is 10.4 Å². The molecule has 0 aromatic carbocycles. The minimum atomic E-state index is 0.591. The quantitative estimate of drug-likeness (QED) is 0.770. The minimum absolute atomic E-state index is 0.591. The Labute approximate surface area is 107 Å². The standard InChI is InChI=1S/C12H21N3OS/c1-2-4-11-10(3-1)9-17-12(13-11)14-15-5-7-16-8-6-15/h10-11H,1-9H2,(H,13,14). The summed E-state index contributed by atoms with van der Waals surface area (Å²) in [5.41, 5.74) is 3.46. The van der Waals surface area contributed by atoms with Crippen molar-refractivity contribution >= 4 is 16.9 Å². The van der Waals surface area contributed by atoms with Gasteiger partial charge in [-0.3, -0.25) is 10.4 Å². The Hall–Kier alpha value is -0.260. The molecule has 1 saturated carbocycles. The molecule has 1 aliphatic carbocycles. The molecule has 4 nitrogen and oxygen atoms in total. The molecule has 17 heavy (non-hydrogen) atoms. The van der Waals surface area contributed by atoms with Crippen molar-refractivity contribution < 1.29 is 4.74 Å². The lowest BCUT2D eigenvalue weighted by molar-refractivity contribution is 0.0252. The van der Waals surface area contributed by atoms with E-state index in [1.807, 2.05) is 11.8 Å². The summed E-state index contributed by atoms with van der Waals surface area (Å²) >= 11 is 1.90.